The Hall–Kier alpha value is -1.18. The lowest BCUT2D eigenvalue weighted by Crippen LogP contribution is -2.07. The van der Waals surface area contributed by atoms with Crippen molar-refractivity contribution in [1.29, 1.82) is 0 Å². The van der Waals surface area contributed by atoms with Gasteiger partial charge in [-0.2, -0.15) is 0 Å². The predicted molar refractivity (Wildman–Crippen MR) is 68.2 cm³/mol. The Kier molecular flexibility index (Phi) is 3.60. The first-order chi connectivity index (χ1) is 8.06. The van der Waals surface area contributed by atoms with Gasteiger partial charge in [-0.3, -0.25) is 0 Å². The highest BCUT2D eigenvalue weighted by Crippen LogP contribution is 2.25. The fourth-order valence-corrected chi connectivity index (χ4v) is 2.88. The van der Waals surface area contributed by atoms with Crippen LogP contribution in [0.15, 0.2) is 10.8 Å². The van der Waals surface area contributed by atoms with Crippen LogP contribution in [0.3, 0.4) is 0 Å². The van der Waals surface area contributed by atoms with Crippen molar-refractivity contribution in [3.8, 4) is 0 Å². The maximum atomic E-state index is 10.7. The summed E-state index contributed by atoms with van der Waals surface area (Å²) in [5, 5.41) is 17.0. The number of aromatic nitrogens is 2. The molecule has 1 atom stereocenters. The van der Waals surface area contributed by atoms with Crippen LogP contribution in [-0.2, 0) is 0 Å². The summed E-state index contributed by atoms with van der Waals surface area (Å²) in [6, 6.07) is -0.102. The number of nitrogens with zero attached hydrogens (tertiary/aromatic N) is 2. The topological polar surface area (TPSA) is 75.1 Å². The number of carbonyl (C=O) groups is 1. The standard InChI is InChI=1S/C9H8ClN3O2S2/c1-4(11-9-13-6(10)3-17-9)7-12-5(2-16-7)8(14)15/h2-4H,1H3,(H,11,13)(H,14,15). The van der Waals surface area contributed by atoms with Crippen LogP contribution in [-0.4, -0.2) is 21.0 Å². The van der Waals surface area contributed by atoms with E-state index in [4.69, 9.17) is 16.7 Å². The second-order valence-electron chi connectivity index (χ2n) is 3.22. The van der Waals surface area contributed by atoms with Gasteiger partial charge in [-0.1, -0.05) is 11.6 Å². The zero-order valence-corrected chi connectivity index (χ0v) is 11.1. The SMILES string of the molecule is CC(Nc1nc(Cl)cs1)c1nc(C(=O)O)cs1. The predicted octanol–water partition coefficient (Wildman–Crippen LogP) is 3.12. The van der Waals surface area contributed by atoms with Gasteiger partial charge in [0, 0.05) is 10.8 Å². The van der Waals surface area contributed by atoms with Crippen LogP contribution in [0.1, 0.15) is 28.5 Å². The first-order valence-electron chi connectivity index (χ1n) is 4.62. The molecule has 2 rings (SSSR count). The van der Waals surface area contributed by atoms with E-state index < -0.39 is 5.97 Å². The van der Waals surface area contributed by atoms with Crippen molar-refractivity contribution < 1.29 is 9.90 Å². The number of halogens is 1. The molecule has 8 heteroatoms. The Morgan fingerprint density at radius 2 is 2.24 bits per heavy atom. The summed E-state index contributed by atoms with van der Waals surface area (Å²) in [7, 11) is 0. The molecule has 90 valence electrons. The fraction of sp³-hybridized carbons (Fsp3) is 0.222. The van der Waals surface area contributed by atoms with E-state index in [9.17, 15) is 4.79 Å². The molecule has 0 saturated carbocycles. The zero-order chi connectivity index (χ0) is 12.4. The van der Waals surface area contributed by atoms with Crippen LogP contribution in [0.2, 0.25) is 5.15 Å². The first-order valence-corrected chi connectivity index (χ1v) is 6.76. The molecule has 2 heterocycles. The van der Waals surface area contributed by atoms with Crippen molar-refractivity contribution in [2.24, 2.45) is 0 Å². The van der Waals surface area contributed by atoms with Crippen LogP contribution in [0.4, 0.5) is 5.13 Å². The van der Waals surface area contributed by atoms with Gasteiger partial charge in [0.15, 0.2) is 10.8 Å². The Morgan fingerprint density at radius 3 is 2.76 bits per heavy atom. The molecule has 1 unspecified atom stereocenters. The van der Waals surface area contributed by atoms with Gasteiger partial charge in [0.2, 0.25) is 0 Å². The van der Waals surface area contributed by atoms with E-state index in [1.54, 1.807) is 5.38 Å². The molecule has 2 N–H and O–H groups in total. The van der Waals surface area contributed by atoms with Gasteiger partial charge < -0.3 is 10.4 Å². The summed E-state index contributed by atoms with van der Waals surface area (Å²) in [5.74, 6) is -1.02. The first kappa shape index (κ1) is 12.3. The monoisotopic (exact) mass is 289 g/mol. The van der Waals surface area contributed by atoms with Crippen molar-refractivity contribution in [3.63, 3.8) is 0 Å². The number of hydrogen-bond acceptors (Lipinski definition) is 6. The molecule has 0 aliphatic carbocycles. The third-order valence-electron chi connectivity index (χ3n) is 1.93. The Balaban J connectivity index is 2.08. The van der Waals surface area contributed by atoms with Gasteiger partial charge in [-0.15, -0.1) is 22.7 Å². The lowest BCUT2D eigenvalue weighted by atomic mass is 10.3. The quantitative estimate of drug-likeness (QED) is 0.904. The molecule has 2 aromatic rings. The maximum Gasteiger partial charge on any atom is 0.355 e. The van der Waals surface area contributed by atoms with Crippen LogP contribution in [0.5, 0.6) is 0 Å². The number of carboxylic acid groups (broad SMARTS) is 1. The molecule has 17 heavy (non-hydrogen) atoms. The zero-order valence-electron chi connectivity index (χ0n) is 8.68. The molecule has 0 aliphatic rings. The maximum absolute atomic E-state index is 10.7. The molecular weight excluding hydrogens is 282 g/mol. The molecule has 0 bridgehead atoms. The average molecular weight is 290 g/mol. The number of nitrogens with one attached hydrogen (secondary N) is 1. The van der Waals surface area contributed by atoms with Crippen molar-refractivity contribution in [1.82, 2.24) is 9.97 Å². The highest BCUT2D eigenvalue weighted by atomic mass is 35.5. The van der Waals surface area contributed by atoms with E-state index in [-0.39, 0.29) is 11.7 Å². The molecule has 0 fully saturated rings. The minimum absolute atomic E-state index is 0.0656. The molecule has 0 amide bonds. The molecule has 2 aromatic heterocycles. The van der Waals surface area contributed by atoms with E-state index in [1.165, 1.54) is 28.1 Å². The minimum atomic E-state index is -1.02. The van der Waals surface area contributed by atoms with Crippen molar-refractivity contribution in [2.75, 3.05) is 5.32 Å². The van der Waals surface area contributed by atoms with Crippen LogP contribution >= 0.6 is 34.3 Å². The molecule has 0 saturated heterocycles. The van der Waals surface area contributed by atoms with Crippen molar-refractivity contribution >= 4 is 45.4 Å². The molecule has 0 spiro atoms. The van der Waals surface area contributed by atoms with E-state index in [1.807, 2.05) is 6.92 Å². The van der Waals surface area contributed by atoms with Crippen LogP contribution in [0, 0.1) is 0 Å². The van der Waals surface area contributed by atoms with Crippen molar-refractivity contribution in [2.45, 2.75) is 13.0 Å². The second-order valence-corrected chi connectivity index (χ2v) is 5.35. The Labute approximate surface area is 110 Å². The molecule has 0 aromatic carbocycles. The van der Waals surface area contributed by atoms with E-state index in [0.717, 1.165) is 0 Å². The number of anilines is 1. The van der Waals surface area contributed by atoms with Crippen LogP contribution in [0.25, 0.3) is 0 Å². The normalized spacial score (nSPS) is 12.4. The second kappa shape index (κ2) is 4.99. The van der Waals surface area contributed by atoms with Gasteiger partial charge in [0.05, 0.1) is 6.04 Å². The van der Waals surface area contributed by atoms with Gasteiger partial charge in [0.1, 0.15) is 10.2 Å². The number of hydrogen-bond donors (Lipinski definition) is 2. The summed E-state index contributed by atoms with van der Waals surface area (Å²) >= 11 is 8.40. The van der Waals surface area contributed by atoms with Gasteiger partial charge >= 0.3 is 5.97 Å². The largest absolute Gasteiger partial charge is 0.476 e. The lowest BCUT2D eigenvalue weighted by Gasteiger charge is -2.08. The smallest absolute Gasteiger partial charge is 0.355 e. The molecular formula is C9H8ClN3O2S2. The molecule has 0 aliphatic heterocycles. The fourth-order valence-electron chi connectivity index (χ4n) is 1.15. The average Bonchev–Trinajstić information content (AvgIpc) is 2.86. The van der Waals surface area contributed by atoms with Gasteiger partial charge in [-0.05, 0) is 6.92 Å². The van der Waals surface area contributed by atoms with E-state index in [0.29, 0.717) is 15.3 Å². The van der Waals surface area contributed by atoms with E-state index in [2.05, 4.69) is 15.3 Å². The molecule has 0 radical (unpaired) electrons. The number of carboxylic acids is 1. The summed E-state index contributed by atoms with van der Waals surface area (Å²) in [5.41, 5.74) is 0.0656. The molecule has 5 nitrogen and oxygen atoms in total. The highest BCUT2D eigenvalue weighted by Gasteiger charge is 2.14. The van der Waals surface area contributed by atoms with Crippen LogP contribution < -0.4 is 5.32 Å². The minimum Gasteiger partial charge on any atom is -0.476 e. The van der Waals surface area contributed by atoms with Gasteiger partial charge in [0.25, 0.3) is 0 Å². The summed E-state index contributed by atoms with van der Waals surface area (Å²) in [6.07, 6.45) is 0. The summed E-state index contributed by atoms with van der Waals surface area (Å²) in [4.78, 5) is 18.8. The van der Waals surface area contributed by atoms with E-state index >= 15 is 0 Å². The lowest BCUT2D eigenvalue weighted by molar-refractivity contribution is 0.0691. The summed E-state index contributed by atoms with van der Waals surface area (Å²) in [6.45, 7) is 1.89. The number of aromatic carboxylic acids is 1. The highest BCUT2D eigenvalue weighted by molar-refractivity contribution is 7.14. The third kappa shape index (κ3) is 2.93. The third-order valence-corrected chi connectivity index (χ3v) is 4.05. The van der Waals surface area contributed by atoms with Crippen molar-refractivity contribution in [3.05, 3.63) is 26.6 Å². The number of rotatable bonds is 4. The summed E-state index contributed by atoms with van der Waals surface area (Å²) < 4.78 is 0. The number of thiazole rings is 2. The van der Waals surface area contributed by atoms with Gasteiger partial charge in [-0.25, -0.2) is 14.8 Å². The Morgan fingerprint density at radius 1 is 1.47 bits per heavy atom. The Bertz CT molecular complexity index is 540.